The molecule has 0 aliphatic rings. The van der Waals surface area contributed by atoms with Gasteiger partial charge in [-0.05, 0) is 25.8 Å². The lowest BCUT2D eigenvalue weighted by Gasteiger charge is -2.12. The van der Waals surface area contributed by atoms with Crippen LogP contribution in [0.25, 0.3) is 0 Å². The summed E-state index contributed by atoms with van der Waals surface area (Å²) in [4.78, 5) is 8.06. The molecular weight excluding hydrogens is 188 g/mol. The molecule has 0 amide bonds. The van der Waals surface area contributed by atoms with E-state index in [1.165, 1.54) is 25.7 Å². The van der Waals surface area contributed by atoms with Gasteiger partial charge in [-0.2, -0.15) is 0 Å². The maximum Gasteiger partial charge on any atom is 0.316 e. The Labute approximate surface area is 91.9 Å². The van der Waals surface area contributed by atoms with Gasteiger partial charge in [0.05, 0.1) is 6.10 Å². The minimum atomic E-state index is 0.212. The highest BCUT2D eigenvalue weighted by Gasteiger charge is 2.04. The summed E-state index contributed by atoms with van der Waals surface area (Å²) in [5.41, 5.74) is 0. The van der Waals surface area contributed by atoms with Crippen molar-refractivity contribution in [1.82, 2.24) is 9.97 Å². The van der Waals surface area contributed by atoms with Crippen LogP contribution in [0.5, 0.6) is 6.01 Å². The summed E-state index contributed by atoms with van der Waals surface area (Å²) < 4.78 is 5.57. The molecule has 0 aliphatic heterocycles. The van der Waals surface area contributed by atoms with E-state index in [0.717, 1.165) is 6.42 Å². The molecule has 1 aromatic rings. The van der Waals surface area contributed by atoms with Gasteiger partial charge in [0.15, 0.2) is 0 Å². The normalized spacial score (nSPS) is 12.4. The molecule has 0 saturated carbocycles. The standard InChI is InChI=1S/C12H20N2O/c1-3-4-5-6-8-11(2)15-12-13-9-7-10-14-12/h7,9-11H,3-6,8H2,1-2H3/t11-/m0/s1. The van der Waals surface area contributed by atoms with Crippen molar-refractivity contribution in [3.63, 3.8) is 0 Å². The van der Waals surface area contributed by atoms with Gasteiger partial charge in [-0.15, -0.1) is 0 Å². The highest BCUT2D eigenvalue weighted by molar-refractivity contribution is 4.93. The molecule has 0 aliphatic carbocycles. The lowest BCUT2D eigenvalue weighted by molar-refractivity contribution is 0.189. The maximum atomic E-state index is 5.57. The van der Waals surface area contributed by atoms with E-state index in [1.807, 2.05) is 0 Å². The van der Waals surface area contributed by atoms with Crippen LogP contribution in [0.15, 0.2) is 18.5 Å². The Hall–Kier alpha value is -1.12. The first kappa shape index (κ1) is 12.0. The summed E-state index contributed by atoms with van der Waals surface area (Å²) in [5, 5.41) is 0. The molecular formula is C12H20N2O. The summed E-state index contributed by atoms with van der Waals surface area (Å²) >= 11 is 0. The maximum absolute atomic E-state index is 5.57. The summed E-state index contributed by atoms with van der Waals surface area (Å²) in [6.45, 7) is 4.29. The molecule has 1 heterocycles. The van der Waals surface area contributed by atoms with Crippen LogP contribution in [0, 0.1) is 0 Å². The summed E-state index contributed by atoms with van der Waals surface area (Å²) in [6, 6.07) is 2.28. The monoisotopic (exact) mass is 208 g/mol. The summed E-state index contributed by atoms with van der Waals surface area (Å²) in [6.07, 6.45) is 9.80. The number of hydrogen-bond acceptors (Lipinski definition) is 3. The van der Waals surface area contributed by atoms with Crippen molar-refractivity contribution in [3.8, 4) is 6.01 Å². The zero-order valence-corrected chi connectivity index (χ0v) is 9.65. The first-order valence-electron chi connectivity index (χ1n) is 5.76. The van der Waals surface area contributed by atoms with Crippen molar-refractivity contribution < 1.29 is 4.74 Å². The Bertz CT molecular complexity index is 251. The SMILES string of the molecule is CCCCCC[C@H](C)Oc1ncccn1. The first-order chi connectivity index (χ1) is 7.33. The van der Waals surface area contributed by atoms with Crippen LogP contribution in [0.2, 0.25) is 0 Å². The largest absolute Gasteiger partial charge is 0.460 e. The molecule has 1 rings (SSSR count). The van der Waals surface area contributed by atoms with Crippen LogP contribution in [-0.4, -0.2) is 16.1 Å². The quantitative estimate of drug-likeness (QED) is 0.645. The lowest BCUT2D eigenvalue weighted by atomic mass is 10.1. The Kier molecular flexibility index (Phi) is 5.74. The summed E-state index contributed by atoms with van der Waals surface area (Å²) in [7, 11) is 0. The number of hydrogen-bond donors (Lipinski definition) is 0. The predicted molar refractivity (Wildman–Crippen MR) is 60.9 cm³/mol. The van der Waals surface area contributed by atoms with Crippen LogP contribution >= 0.6 is 0 Å². The Morgan fingerprint density at radius 1 is 1.20 bits per heavy atom. The topological polar surface area (TPSA) is 35.0 Å². The molecule has 0 aromatic carbocycles. The van der Waals surface area contributed by atoms with Crippen molar-refractivity contribution in [2.45, 2.75) is 52.1 Å². The van der Waals surface area contributed by atoms with Gasteiger partial charge in [0.1, 0.15) is 0 Å². The number of rotatable bonds is 7. The van der Waals surface area contributed by atoms with Gasteiger partial charge in [-0.1, -0.05) is 26.2 Å². The Balaban J connectivity index is 2.16. The third-order valence-corrected chi connectivity index (χ3v) is 2.31. The van der Waals surface area contributed by atoms with Crippen LogP contribution in [0.4, 0.5) is 0 Å². The van der Waals surface area contributed by atoms with E-state index in [-0.39, 0.29) is 6.10 Å². The van der Waals surface area contributed by atoms with Gasteiger partial charge in [-0.25, -0.2) is 9.97 Å². The molecule has 3 nitrogen and oxygen atoms in total. The summed E-state index contributed by atoms with van der Waals surface area (Å²) in [5.74, 6) is 0. The third-order valence-electron chi connectivity index (χ3n) is 2.31. The fourth-order valence-electron chi connectivity index (χ4n) is 1.44. The zero-order valence-electron chi connectivity index (χ0n) is 9.65. The van der Waals surface area contributed by atoms with Crippen molar-refractivity contribution >= 4 is 0 Å². The first-order valence-corrected chi connectivity index (χ1v) is 5.76. The number of unbranched alkanes of at least 4 members (excludes halogenated alkanes) is 3. The van der Waals surface area contributed by atoms with Crippen molar-refractivity contribution in [2.24, 2.45) is 0 Å². The van der Waals surface area contributed by atoms with Crippen molar-refractivity contribution in [3.05, 3.63) is 18.5 Å². The fraction of sp³-hybridized carbons (Fsp3) is 0.667. The zero-order chi connectivity index (χ0) is 10.9. The molecule has 0 fully saturated rings. The van der Waals surface area contributed by atoms with Gasteiger partial charge in [0.25, 0.3) is 0 Å². The fourth-order valence-corrected chi connectivity index (χ4v) is 1.44. The molecule has 0 spiro atoms. The molecule has 3 heteroatoms. The second-order valence-corrected chi connectivity index (χ2v) is 3.81. The second-order valence-electron chi connectivity index (χ2n) is 3.81. The molecule has 0 bridgehead atoms. The van der Waals surface area contributed by atoms with E-state index >= 15 is 0 Å². The Morgan fingerprint density at radius 2 is 1.93 bits per heavy atom. The molecule has 1 aromatic heterocycles. The van der Waals surface area contributed by atoms with E-state index in [0.29, 0.717) is 6.01 Å². The highest BCUT2D eigenvalue weighted by atomic mass is 16.5. The van der Waals surface area contributed by atoms with Gasteiger partial charge in [-0.3, -0.25) is 0 Å². The molecule has 15 heavy (non-hydrogen) atoms. The van der Waals surface area contributed by atoms with Gasteiger partial charge in [0.2, 0.25) is 0 Å². The van der Waals surface area contributed by atoms with Gasteiger partial charge >= 0.3 is 6.01 Å². The van der Waals surface area contributed by atoms with Gasteiger partial charge < -0.3 is 4.74 Å². The average Bonchev–Trinajstić information content (AvgIpc) is 2.26. The molecule has 84 valence electrons. The number of ether oxygens (including phenoxy) is 1. The molecule has 0 N–H and O–H groups in total. The molecule has 0 radical (unpaired) electrons. The minimum absolute atomic E-state index is 0.212. The second kappa shape index (κ2) is 7.21. The van der Waals surface area contributed by atoms with Crippen molar-refractivity contribution in [1.29, 1.82) is 0 Å². The average molecular weight is 208 g/mol. The van der Waals surface area contributed by atoms with Gasteiger partial charge in [0, 0.05) is 12.4 Å². The van der Waals surface area contributed by atoms with E-state index in [9.17, 15) is 0 Å². The number of aromatic nitrogens is 2. The number of nitrogens with zero attached hydrogens (tertiary/aromatic N) is 2. The lowest BCUT2D eigenvalue weighted by Crippen LogP contribution is -2.13. The third kappa shape index (κ3) is 5.35. The van der Waals surface area contributed by atoms with E-state index < -0.39 is 0 Å². The van der Waals surface area contributed by atoms with E-state index in [1.54, 1.807) is 18.5 Å². The molecule has 0 unspecified atom stereocenters. The van der Waals surface area contributed by atoms with Crippen LogP contribution in [0.3, 0.4) is 0 Å². The molecule has 0 saturated heterocycles. The predicted octanol–water partition coefficient (Wildman–Crippen LogP) is 3.21. The van der Waals surface area contributed by atoms with Crippen LogP contribution in [-0.2, 0) is 0 Å². The van der Waals surface area contributed by atoms with E-state index in [4.69, 9.17) is 4.74 Å². The Morgan fingerprint density at radius 3 is 2.60 bits per heavy atom. The van der Waals surface area contributed by atoms with Crippen LogP contribution < -0.4 is 4.74 Å². The highest BCUT2D eigenvalue weighted by Crippen LogP contribution is 2.09. The minimum Gasteiger partial charge on any atom is -0.460 e. The van der Waals surface area contributed by atoms with Crippen molar-refractivity contribution in [2.75, 3.05) is 0 Å². The van der Waals surface area contributed by atoms with E-state index in [2.05, 4.69) is 23.8 Å². The molecule has 1 atom stereocenters. The van der Waals surface area contributed by atoms with Crippen LogP contribution in [0.1, 0.15) is 46.0 Å². The smallest absolute Gasteiger partial charge is 0.316 e.